The summed E-state index contributed by atoms with van der Waals surface area (Å²) in [6, 6.07) is 0. The summed E-state index contributed by atoms with van der Waals surface area (Å²) in [5.74, 6) is 0.847. The highest BCUT2D eigenvalue weighted by Crippen LogP contribution is 2.08. The van der Waals surface area contributed by atoms with Gasteiger partial charge in [0.2, 0.25) is 0 Å². The van der Waals surface area contributed by atoms with Crippen molar-refractivity contribution >= 4 is 20.0 Å². The van der Waals surface area contributed by atoms with Gasteiger partial charge >= 0.3 is 0 Å². The van der Waals surface area contributed by atoms with Crippen LogP contribution < -0.4 is 0 Å². The molecule has 1 saturated heterocycles. The zero-order valence-corrected chi connectivity index (χ0v) is 8.36. The molecule has 0 amide bonds. The summed E-state index contributed by atoms with van der Waals surface area (Å²) in [5, 5.41) is 0. The third-order valence-corrected chi connectivity index (χ3v) is 2.98. The molecule has 0 bridgehead atoms. The summed E-state index contributed by atoms with van der Waals surface area (Å²) < 4.78 is 46.7. The van der Waals surface area contributed by atoms with Gasteiger partial charge in [0.05, 0.1) is 17.8 Å². The second-order valence-electron chi connectivity index (χ2n) is 2.59. The van der Waals surface area contributed by atoms with E-state index in [2.05, 4.69) is 0 Å². The third-order valence-electron chi connectivity index (χ3n) is 1.16. The zero-order valence-electron chi connectivity index (χ0n) is 6.73. The standard InChI is InChI=1S/C4H8O2S.CH4O3S/c5-7(6)3-1-2-4-7;1-5(2,3)4/h1-4H2;1H3,(H,2,3,4). The van der Waals surface area contributed by atoms with E-state index in [1.807, 2.05) is 0 Å². The van der Waals surface area contributed by atoms with Gasteiger partial charge in [-0.2, -0.15) is 8.42 Å². The molecule has 0 aliphatic carbocycles. The van der Waals surface area contributed by atoms with E-state index in [4.69, 9.17) is 4.55 Å². The second kappa shape index (κ2) is 4.20. The van der Waals surface area contributed by atoms with Crippen molar-refractivity contribution in [2.75, 3.05) is 17.8 Å². The van der Waals surface area contributed by atoms with Gasteiger partial charge < -0.3 is 0 Å². The maximum atomic E-state index is 10.4. The highest BCUT2D eigenvalue weighted by atomic mass is 32.2. The van der Waals surface area contributed by atoms with Crippen LogP contribution in [0.5, 0.6) is 0 Å². The van der Waals surface area contributed by atoms with Gasteiger partial charge in [0.1, 0.15) is 9.84 Å². The van der Waals surface area contributed by atoms with Crippen molar-refractivity contribution in [3.05, 3.63) is 0 Å². The van der Waals surface area contributed by atoms with Gasteiger partial charge in [-0.15, -0.1) is 0 Å². The Bertz CT molecular complexity index is 292. The van der Waals surface area contributed by atoms with E-state index >= 15 is 0 Å². The fourth-order valence-electron chi connectivity index (χ4n) is 0.746. The van der Waals surface area contributed by atoms with Crippen molar-refractivity contribution in [3.8, 4) is 0 Å². The first-order valence-electron chi connectivity index (χ1n) is 3.33. The Hall–Kier alpha value is -0.140. The SMILES string of the molecule is CS(=O)(=O)O.O=S1(=O)CCCC1. The van der Waals surface area contributed by atoms with Crippen LogP contribution in [0.3, 0.4) is 0 Å². The first-order chi connectivity index (χ1) is 5.21. The van der Waals surface area contributed by atoms with Crippen LogP contribution in [0.1, 0.15) is 12.8 Å². The maximum Gasteiger partial charge on any atom is 0.261 e. The lowest BCUT2D eigenvalue weighted by molar-refractivity contribution is 0.490. The number of sulfone groups is 1. The van der Waals surface area contributed by atoms with Crippen LogP contribution in [-0.4, -0.2) is 39.1 Å². The lowest BCUT2D eigenvalue weighted by Crippen LogP contribution is -1.98. The Morgan fingerprint density at radius 3 is 1.50 bits per heavy atom. The molecule has 7 heteroatoms. The largest absolute Gasteiger partial charge is 0.286 e. The van der Waals surface area contributed by atoms with Crippen LogP contribution in [0.15, 0.2) is 0 Å². The Kier molecular flexibility index (Phi) is 4.15. The molecule has 0 atom stereocenters. The van der Waals surface area contributed by atoms with Crippen molar-refractivity contribution in [1.82, 2.24) is 0 Å². The molecular weight excluding hydrogens is 204 g/mol. The Morgan fingerprint density at radius 1 is 1.17 bits per heavy atom. The van der Waals surface area contributed by atoms with Crippen molar-refractivity contribution in [1.29, 1.82) is 0 Å². The molecule has 0 aromatic rings. The van der Waals surface area contributed by atoms with Crippen LogP contribution in [0.4, 0.5) is 0 Å². The van der Waals surface area contributed by atoms with Gasteiger partial charge in [0, 0.05) is 0 Å². The van der Waals surface area contributed by atoms with Crippen LogP contribution in [0.25, 0.3) is 0 Å². The van der Waals surface area contributed by atoms with Gasteiger partial charge in [-0.25, -0.2) is 8.42 Å². The highest BCUT2D eigenvalue weighted by Gasteiger charge is 2.16. The predicted molar refractivity (Wildman–Crippen MR) is 45.4 cm³/mol. The van der Waals surface area contributed by atoms with E-state index in [1.54, 1.807) is 0 Å². The van der Waals surface area contributed by atoms with E-state index in [9.17, 15) is 16.8 Å². The molecule has 1 rings (SSSR count). The number of hydrogen-bond acceptors (Lipinski definition) is 4. The third kappa shape index (κ3) is 9.86. The molecule has 74 valence electrons. The van der Waals surface area contributed by atoms with E-state index in [0.29, 0.717) is 17.8 Å². The molecule has 0 aromatic carbocycles. The topological polar surface area (TPSA) is 88.5 Å². The zero-order chi connectivity index (χ0) is 9.83. The first-order valence-corrected chi connectivity index (χ1v) is 7.00. The van der Waals surface area contributed by atoms with Crippen LogP contribution >= 0.6 is 0 Å². The minimum atomic E-state index is -3.67. The number of hydrogen-bond donors (Lipinski definition) is 1. The highest BCUT2D eigenvalue weighted by molar-refractivity contribution is 7.91. The molecule has 1 heterocycles. The quantitative estimate of drug-likeness (QED) is 0.561. The van der Waals surface area contributed by atoms with Gasteiger partial charge in [-0.3, -0.25) is 4.55 Å². The Morgan fingerprint density at radius 2 is 1.42 bits per heavy atom. The fourth-order valence-corrected chi connectivity index (χ4v) is 2.24. The molecule has 0 saturated carbocycles. The lowest BCUT2D eigenvalue weighted by Gasteiger charge is -1.81. The van der Waals surface area contributed by atoms with Gasteiger partial charge in [0.25, 0.3) is 10.1 Å². The Labute approximate surface area is 72.5 Å². The summed E-state index contributed by atoms with van der Waals surface area (Å²) in [7, 11) is -6.21. The van der Waals surface area contributed by atoms with Gasteiger partial charge in [-0.05, 0) is 12.8 Å². The van der Waals surface area contributed by atoms with Gasteiger partial charge in [0.15, 0.2) is 0 Å². The van der Waals surface area contributed by atoms with E-state index in [1.165, 1.54) is 0 Å². The first kappa shape index (κ1) is 11.9. The second-order valence-corrected chi connectivity index (χ2v) is 6.36. The lowest BCUT2D eigenvalue weighted by atomic mass is 10.4. The smallest absolute Gasteiger partial charge is 0.261 e. The minimum absolute atomic E-state index is 0.424. The fraction of sp³-hybridized carbons (Fsp3) is 1.00. The molecule has 0 radical (unpaired) electrons. The van der Waals surface area contributed by atoms with E-state index < -0.39 is 20.0 Å². The molecule has 12 heavy (non-hydrogen) atoms. The van der Waals surface area contributed by atoms with Crippen LogP contribution in [-0.2, 0) is 20.0 Å². The minimum Gasteiger partial charge on any atom is -0.286 e. The van der Waals surface area contributed by atoms with Crippen molar-refractivity contribution in [2.24, 2.45) is 0 Å². The molecule has 1 N–H and O–H groups in total. The van der Waals surface area contributed by atoms with E-state index in [-0.39, 0.29) is 0 Å². The van der Waals surface area contributed by atoms with Gasteiger partial charge in [-0.1, -0.05) is 0 Å². The molecule has 0 aromatic heterocycles. The Balaban J connectivity index is 0.000000217. The van der Waals surface area contributed by atoms with E-state index in [0.717, 1.165) is 12.8 Å². The van der Waals surface area contributed by atoms with Crippen molar-refractivity contribution in [2.45, 2.75) is 12.8 Å². The summed E-state index contributed by atoms with van der Waals surface area (Å²) in [6.45, 7) is 0. The normalized spacial score (nSPS) is 21.2. The summed E-state index contributed by atoms with van der Waals surface area (Å²) in [5.41, 5.74) is 0. The number of rotatable bonds is 0. The molecule has 1 aliphatic heterocycles. The molecule has 0 unspecified atom stereocenters. The molecule has 0 spiro atoms. The summed E-state index contributed by atoms with van der Waals surface area (Å²) in [4.78, 5) is 0. The predicted octanol–water partition coefficient (Wildman–Crippen LogP) is -0.301. The average Bonchev–Trinajstić information content (AvgIpc) is 2.08. The molecule has 1 fully saturated rings. The summed E-state index contributed by atoms with van der Waals surface area (Å²) in [6.07, 6.45) is 2.47. The van der Waals surface area contributed by atoms with Crippen LogP contribution in [0.2, 0.25) is 0 Å². The monoisotopic (exact) mass is 216 g/mol. The van der Waals surface area contributed by atoms with Crippen LogP contribution in [0, 0.1) is 0 Å². The molecule has 1 aliphatic rings. The molecular formula is C5H12O5S2. The summed E-state index contributed by atoms with van der Waals surface area (Å²) >= 11 is 0. The van der Waals surface area contributed by atoms with Crippen molar-refractivity contribution < 1.29 is 21.4 Å². The maximum absolute atomic E-state index is 10.4. The molecule has 5 nitrogen and oxygen atoms in total. The van der Waals surface area contributed by atoms with Crippen molar-refractivity contribution in [3.63, 3.8) is 0 Å². The average molecular weight is 216 g/mol.